The third-order valence-corrected chi connectivity index (χ3v) is 5.24. The molecule has 0 unspecified atom stereocenters. The van der Waals surface area contributed by atoms with E-state index < -0.39 is 11.7 Å². The van der Waals surface area contributed by atoms with Gasteiger partial charge in [-0.1, -0.05) is 32.9 Å². The van der Waals surface area contributed by atoms with Gasteiger partial charge in [0, 0.05) is 23.2 Å². The van der Waals surface area contributed by atoms with Crippen molar-refractivity contribution in [3.8, 4) is 16.9 Å². The number of rotatable bonds is 4. The van der Waals surface area contributed by atoms with E-state index in [-0.39, 0.29) is 23.2 Å². The average molecular weight is 430 g/mol. The van der Waals surface area contributed by atoms with Gasteiger partial charge in [-0.15, -0.1) is 0 Å². The van der Waals surface area contributed by atoms with E-state index in [9.17, 15) is 18.0 Å². The molecule has 0 bridgehead atoms. The molecule has 0 spiro atoms. The van der Waals surface area contributed by atoms with Gasteiger partial charge >= 0.3 is 6.18 Å². The number of hydrogen-bond donors (Lipinski definition) is 2. The lowest BCUT2D eigenvalue weighted by atomic mass is 9.88. The van der Waals surface area contributed by atoms with Crippen LogP contribution in [0.15, 0.2) is 54.6 Å². The second-order valence-electron chi connectivity index (χ2n) is 8.55. The number of aromatic nitrogens is 2. The Morgan fingerprint density at radius 3 is 2.29 bits per heavy atom. The maximum absolute atomic E-state index is 13.0. The largest absolute Gasteiger partial charge is 0.416 e. The zero-order valence-electron chi connectivity index (χ0n) is 17.8. The maximum atomic E-state index is 13.0. The molecular weight excluding hydrogens is 405 g/mol. The van der Waals surface area contributed by atoms with Gasteiger partial charge in [-0.2, -0.15) is 18.3 Å². The molecule has 3 N–H and O–H groups in total. The van der Waals surface area contributed by atoms with Crippen LogP contribution < -0.4 is 11.1 Å². The standard InChI is InChI=1S/C23H25F3N4O/c1-14(22(2,3)4)28-21(31)15-8-10-18(11-9-15)30-20(27)13-19(29-30)16-6-5-7-17(12-16)23(24,25)26/h5-14H,27H2,1-4H3,(H,28,31)/t14-/m1/s1. The second kappa shape index (κ2) is 8.09. The third kappa shape index (κ3) is 5.07. The van der Waals surface area contributed by atoms with E-state index in [0.717, 1.165) is 12.1 Å². The molecule has 0 aliphatic heterocycles. The van der Waals surface area contributed by atoms with Crippen molar-refractivity contribution in [1.82, 2.24) is 15.1 Å². The minimum absolute atomic E-state index is 0.0172. The van der Waals surface area contributed by atoms with Gasteiger partial charge < -0.3 is 11.1 Å². The SMILES string of the molecule is C[C@@H](NC(=O)c1ccc(-n2nc(-c3cccc(C(F)(F)F)c3)cc2N)cc1)C(C)(C)C. The number of anilines is 1. The minimum Gasteiger partial charge on any atom is -0.384 e. The third-order valence-electron chi connectivity index (χ3n) is 5.24. The van der Waals surface area contributed by atoms with Gasteiger partial charge in [0.1, 0.15) is 5.82 Å². The first-order chi connectivity index (χ1) is 14.4. The molecule has 0 saturated heterocycles. The lowest BCUT2D eigenvalue weighted by Gasteiger charge is -2.28. The van der Waals surface area contributed by atoms with Crippen molar-refractivity contribution in [2.75, 3.05) is 5.73 Å². The van der Waals surface area contributed by atoms with Crippen LogP contribution in [0.5, 0.6) is 0 Å². The first kappa shape index (κ1) is 22.4. The number of nitrogens with two attached hydrogens (primary N) is 1. The highest BCUT2D eigenvalue weighted by Gasteiger charge is 2.30. The fourth-order valence-electron chi connectivity index (χ4n) is 2.85. The Morgan fingerprint density at radius 2 is 1.71 bits per heavy atom. The second-order valence-corrected chi connectivity index (χ2v) is 8.55. The molecule has 31 heavy (non-hydrogen) atoms. The summed E-state index contributed by atoms with van der Waals surface area (Å²) in [4.78, 5) is 12.5. The fourth-order valence-corrected chi connectivity index (χ4v) is 2.85. The van der Waals surface area contributed by atoms with Crippen molar-refractivity contribution in [3.63, 3.8) is 0 Å². The molecule has 2 aromatic carbocycles. The highest BCUT2D eigenvalue weighted by molar-refractivity contribution is 5.94. The molecule has 0 saturated carbocycles. The summed E-state index contributed by atoms with van der Waals surface area (Å²) >= 11 is 0. The number of hydrogen-bond acceptors (Lipinski definition) is 3. The number of nitrogens with zero attached hydrogens (tertiary/aromatic N) is 2. The quantitative estimate of drug-likeness (QED) is 0.590. The molecule has 0 aliphatic carbocycles. The number of amides is 1. The number of alkyl halides is 3. The summed E-state index contributed by atoms with van der Waals surface area (Å²) in [5.41, 5.74) is 6.94. The molecule has 1 atom stereocenters. The summed E-state index contributed by atoms with van der Waals surface area (Å²) in [6.07, 6.45) is -4.44. The van der Waals surface area contributed by atoms with Crippen molar-refractivity contribution in [3.05, 3.63) is 65.7 Å². The number of benzene rings is 2. The normalized spacial score (nSPS) is 13.1. The number of carbonyl (C=O) groups excluding carboxylic acids is 1. The Kier molecular flexibility index (Phi) is 5.85. The van der Waals surface area contributed by atoms with Crippen LogP contribution >= 0.6 is 0 Å². The van der Waals surface area contributed by atoms with E-state index in [2.05, 4.69) is 10.4 Å². The summed E-state index contributed by atoms with van der Waals surface area (Å²) in [6, 6.07) is 13.1. The molecule has 0 fully saturated rings. The van der Waals surface area contributed by atoms with Crippen LogP contribution in [0.1, 0.15) is 43.6 Å². The van der Waals surface area contributed by atoms with Crippen molar-refractivity contribution in [1.29, 1.82) is 0 Å². The Bertz CT molecular complexity index is 1080. The molecule has 1 heterocycles. The number of nitrogen functional groups attached to an aromatic ring is 1. The van der Waals surface area contributed by atoms with Crippen LogP contribution in [-0.2, 0) is 6.18 Å². The van der Waals surface area contributed by atoms with E-state index in [4.69, 9.17) is 5.73 Å². The van der Waals surface area contributed by atoms with Gasteiger partial charge in [0.2, 0.25) is 0 Å². The van der Waals surface area contributed by atoms with Gasteiger partial charge in [-0.05, 0) is 48.7 Å². The first-order valence-electron chi connectivity index (χ1n) is 9.81. The van der Waals surface area contributed by atoms with Crippen molar-refractivity contribution in [2.24, 2.45) is 5.41 Å². The molecular formula is C23H25F3N4O. The molecule has 8 heteroatoms. The topological polar surface area (TPSA) is 72.9 Å². The van der Waals surface area contributed by atoms with E-state index in [0.29, 0.717) is 22.5 Å². The maximum Gasteiger partial charge on any atom is 0.416 e. The molecule has 0 radical (unpaired) electrons. The highest BCUT2D eigenvalue weighted by atomic mass is 19.4. The zero-order chi connectivity index (χ0) is 23.0. The lowest BCUT2D eigenvalue weighted by Crippen LogP contribution is -2.41. The Morgan fingerprint density at radius 1 is 1.06 bits per heavy atom. The van der Waals surface area contributed by atoms with Gasteiger partial charge in [0.15, 0.2) is 0 Å². The fraction of sp³-hybridized carbons (Fsp3) is 0.304. The van der Waals surface area contributed by atoms with Crippen molar-refractivity contribution in [2.45, 2.75) is 39.9 Å². The minimum atomic E-state index is -4.44. The average Bonchev–Trinajstić information content (AvgIpc) is 3.08. The molecule has 1 aromatic heterocycles. The number of carbonyl (C=O) groups is 1. The molecule has 164 valence electrons. The van der Waals surface area contributed by atoms with Gasteiger partial charge in [-0.25, -0.2) is 4.68 Å². The number of nitrogens with one attached hydrogen (secondary N) is 1. The van der Waals surface area contributed by atoms with E-state index in [1.54, 1.807) is 30.3 Å². The molecule has 5 nitrogen and oxygen atoms in total. The van der Waals surface area contributed by atoms with E-state index in [1.165, 1.54) is 16.8 Å². The lowest BCUT2D eigenvalue weighted by molar-refractivity contribution is -0.137. The number of halogens is 3. The Hall–Kier alpha value is -3.29. The Labute approximate surface area is 179 Å². The van der Waals surface area contributed by atoms with Crippen LogP contribution in [0.3, 0.4) is 0 Å². The summed E-state index contributed by atoms with van der Waals surface area (Å²) in [5.74, 6) is 0.0815. The van der Waals surface area contributed by atoms with Crippen LogP contribution in [0.2, 0.25) is 0 Å². The monoisotopic (exact) mass is 430 g/mol. The molecule has 1 amide bonds. The Balaban J connectivity index is 1.84. The van der Waals surface area contributed by atoms with Crippen LogP contribution in [-0.4, -0.2) is 21.7 Å². The van der Waals surface area contributed by atoms with Crippen molar-refractivity contribution < 1.29 is 18.0 Å². The summed E-state index contributed by atoms with van der Waals surface area (Å²) < 4.78 is 40.4. The smallest absolute Gasteiger partial charge is 0.384 e. The molecule has 0 aliphatic rings. The zero-order valence-corrected chi connectivity index (χ0v) is 17.8. The van der Waals surface area contributed by atoms with Crippen LogP contribution in [0, 0.1) is 5.41 Å². The molecule has 3 rings (SSSR count). The van der Waals surface area contributed by atoms with E-state index in [1.807, 2.05) is 27.7 Å². The van der Waals surface area contributed by atoms with Crippen molar-refractivity contribution >= 4 is 11.7 Å². The van der Waals surface area contributed by atoms with Crippen LogP contribution in [0.4, 0.5) is 19.0 Å². The van der Waals surface area contributed by atoms with Crippen LogP contribution in [0.25, 0.3) is 16.9 Å². The van der Waals surface area contributed by atoms with Gasteiger partial charge in [0.05, 0.1) is 16.9 Å². The molecule has 3 aromatic rings. The highest BCUT2D eigenvalue weighted by Crippen LogP contribution is 2.32. The predicted octanol–water partition coefficient (Wildman–Crippen LogP) is 5.30. The van der Waals surface area contributed by atoms with Gasteiger partial charge in [-0.3, -0.25) is 4.79 Å². The predicted molar refractivity (Wildman–Crippen MR) is 115 cm³/mol. The van der Waals surface area contributed by atoms with Gasteiger partial charge in [0.25, 0.3) is 5.91 Å². The summed E-state index contributed by atoms with van der Waals surface area (Å²) in [6.45, 7) is 8.09. The summed E-state index contributed by atoms with van der Waals surface area (Å²) in [7, 11) is 0. The summed E-state index contributed by atoms with van der Waals surface area (Å²) in [5, 5.41) is 7.32. The first-order valence-corrected chi connectivity index (χ1v) is 9.81. The van der Waals surface area contributed by atoms with E-state index >= 15 is 0 Å².